The molecule has 0 unspecified atom stereocenters. The van der Waals surface area contributed by atoms with Crippen molar-refractivity contribution >= 4 is 15.9 Å². The van der Waals surface area contributed by atoms with Crippen molar-refractivity contribution in [3.63, 3.8) is 0 Å². The zero-order chi connectivity index (χ0) is 18.7. The number of hydrogen-bond donors (Lipinski definition) is 4. The van der Waals surface area contributed by atoms with Crippen molar-refractivity contribution < 1.29 is 18.3 Å². The number of aromatic nitrogens is 2. The van der Waals surface area contributed by atoms with Gasteiger partial charge in [0.1, 0.15) is 5.82 Å². The van der Waals surface area contributed by atoms with Crippen molar-refractivity contribution in [3.8, 4) is 0 Å². The maximum Gasteiger partial charge on any atom is 0.251 e. The quantitative estimate of drug-likeness (QED) is 0.581. The Bertz CT molecular complexity index is 814. The number of carbonyl (C=O) groups is 1. The topological polar surface area (TPSA) is 124 Å². The summed E-state index contributed by atoms with van der Waals surface area (Å²) in [5, 5.41) is 11.9. The van der Waals surface area contributed by atoms with Crippen molar-refractivity contribution in [2.45, 2.75) is 37.2 Å². The number of amides is 1. The fourth-order valence-electron chi connectivity index (χ4n) is 2.08. The molecule has 1 amide bonds. The van der Waals surface area contributed by atoms with Gasteiger partial charge in [0.2, 0.25) is 10.0 Å². The van der Waals surface area contributed by atoms with Gasteiger partial charge in [-0.25, -0.2) is 18.1 Å². The molecular formula is C16H22N4O4S. The summed E-state index contributed by atoms with van der Waals surface area (Å²) in [6.07, 6.45) is 3.16. The van der Waals surface area contributed by atoms with Crippen LogP contribution >= 0.6 is 0 Å². The minimum atomic E-state index is -3.75. The molecule has 1 aromatic carbocycles. The van der Waals surface area contributed by atoms with Crippen LogP contribution in [0.5, 0.6) is 0 Å². The number of aromatic amines is 1. The highest BCUT2D eigenvalue weighted by atomic mass is 32.2. The monoisotopic (exact) mass is 366 g/mol. The van der Waals surface area contributed by atoms with E-state index in [2.05, 4.69) is 20.0 Å². The first-order chi connectivity index (χ1) is 11.6. The molecule has 0 saturated carbocycles. The number of sulfonamides is 1. The summed E-state index contributed by atoms with van der Waals surface area (Å²) in [6, 6.07) is 5.05. The Balaban J connectivity index is 2.11. The van der Waals surface area contributed by atoms with Crippen LogP contribution in [0.4, 0.5) is 0 Å². The molecule has 0 aliphatic carbocycles. The summed E-state index contributed by atoms with van der Waals surface area (Å²) in [6.45, 7) is 4.84. The Hall–Kier alpha value is -2.23. The summed E-state index contributed by atoms with van der Waals surface area (Å²) < 4.78 is 27.3. The average molecular weight is 366 g/mol. The molecule has 8 nitrogen and oxygen atoms in total. The third-order valence-corrected chi connectivity index (χ3v) is 5.09. The van der Waals surface area contributed by atoms with E-state index >= 15 is 0 Å². The Labute approximate surface area is 146 Å². The summed E-state index contributed by atoms with van der Waals surface area (Å²) in [4.78, 5) is 19.0. The number of hydrogen-bond acceptors (Lipinski definition) is 5. The van der Waals surface area contributed by atoms with Gasteiger partial charge in [-0.2, -0.15) is 0 Å². The normalized spacial score (nSPS) is 13.4. The van der Waals surface area contributed by atoms with Crippen molar-refractivity contribution in [3.05, 3.63) is 48.0 Å². The Morgan fingerprint density at radius 1 is 1.32 bits per heavy atom. The molecule has 1 aromatic heterocycles. The SMILES string of the molecule is C[C@H](NS(=O)(=O)c1ccc(C(=O)NC(C)(C)CO)cc1)c1ncc[nH]1. The lowest BCUT2D eigenvalue weighted by molar-refractivity contribution is 0.0869. The number of aliphatic hydroxyl groups excluding tert-OH is 1. The van der Waals surface area contributed by atoms with Gasteiger partial charge in [-0.3, -0.25) is 4.79 Å². The highest BCUT2D eigenvalue weighted by Crippen LogP contribution is 2.15. The molecule has 2 rings (SSSR count). The summed E-state index contributed by atoms with van der Waals surface area (Å²) in [5.41, 5.74) is -0.457. The van der Waals surface area contributed by atoms with Crippen molar-refractivity contribution in [2.75, 3.05) is 6.61 Å². The van der Waals surface area contributed by atoms with Gasteiger partial charge >= 0.3 is 0 Å². The Kier molecular flexibility index (Phi) is 5.61. The van der Waals surface area contributed by atoms with E-state index in [9.17, 15) is 18.3 Å². The zero-order valence-corrected chi connectivity index (χ0v) is 15.1. The summed E-state index contributed by atoms with van der Waals surface area (Å²) in [7, 11) is -3.75. The second-order valence-corrected chi connectivity index (χ2v) is 8.05. The zero-order valence-electron chi connectivity index (χ0n) is 14.3. The van der Waals surface area contributed by atoms with E-state index in [1.165, 1.54) is 24.3 Å². The van der Waals surface area contributed by atoms with Crippen LogP contribution in [0.15, 0.2) is 41.6 Å². The molecule has 136 valence electrons. The first-order valence-electron chi connectivity index (χ1n) is 7.70. The largest absolute Gasteiger partial charge is 0.394 e. The summed E-state index contributed by atoms with van der Waals surface area (Å²) >= 11 is 0. The molecule has 0 bridgehead atoms. The highest BCUT2D eigenvalue weighted by molar-refractivity contribution is 7.89. The van der Waals surface area contributed by atoms with E-state index in [-0.39, 0.29) is 17.4 Å². The average Bonchev–Trinajstić information content (AvgIpc) is 3.09. The number of nitrogens with zero attached hydrogens (tertiary/aromatic N) is 1. The molecule has 2 aromatic rings. The first-order valence-corrected chi connectivity index (χ1v) is 9.18. The smallest absolute Gasteiger partial charge is 0.251 e. The Morgan fingerprint density at radius 2 is 1.96 bits per heavy atom. The fourth-order valence-corrected chi connectivity index (χ4v) is 3.28. The molecule has 0 aliphatic heterocycles. The molecule has 0 radical (unpaired) electrons. The fraction of sp³-hybridized carbons (Fsp3) is 0.375. The van der Waals surface area contributed by atoms with E-state index in [0.29, 0.717) is 11.4 Å². The molecule has 1 heterocycles. The standard InChI is InChI=1S/C16H22N4O4S/c1-11(14-17-8-9-18-14)20-25(23,24)13-6-4-12(5-7-13)15(22)19-16(2,3)10-21/h4-9,11,20-21H,10H2,1-3H3,(H,17,18)(H,19,22)/t11-/m0/s1. The molecule has 1 atom stereocenters. The summed E-state index contributed by atoms with van der Waals surface area (Å²) in [5.74, 6) is 0.116. The number of imidazole rings is 1. The maximum atomic E-state index is 12.4. The third-order valence-electron chi connectivity index (χ3n) is 3.54. The Morgan fingerprint density at radius 3 is 2.48 bits per heavy atom. The highest BCUT2D eigenvalue weighted by Gasteiger charge is 2.22. The lowest BCUT2D eigenvalue weighted by Gasteiger charge is -2.23. The maximum absolute atomic E-state index is 12.4. The van der Waals surface area contributed by atoms with Crippen LogP contribution < -0.4 is 10.0 Å². The number of benzene rings is 1. The predicted molar refractivity (Wildman–Crippen MR) is 92.4 cm³/mol. The minimum Gasteiger partial charge on any atom is -0.394 e. The second-order valence-electron chi connectivity index (χ2n) is 6.34. The van der Waals surface area contributed by atoms with Crippen molar-refractivity contribution in [1.29, 1.82) is 0 Å². The van der Waals surface area contributed by atoms with Crippen molar-refractivity contribution in [1.82, 2.24) is 20.0 Å². The second kappa shape index (κ2) is 7.34. The van der Waals surface area contributed by atoms with Crippen LogP contribution in [-0.2, 0) is 10.0 Å². The van der Waals surface area contributed by atoms with Crippen LogP contribution in [0.3, 0.4) is 0 Å². The van der Waals surface area contributed by atoms with E-state index in [4.69, 9.17) is 0 Å². The van der Waals surface area contributed by atoms with Crippen molar-refractivity contribution in [2.24, 2.45) is 0 Å². The molecule has 0 fully saturated rings. The molecule has 4 N–H and O–H groups in total. The molecule has 9 heteroatoms. The lowest BCUT2D eigenvalue weighted by Crippen LogP contribution is -2.46. The first kappa shape index (κ1) is 19.1. The molecule has 25 heavy (non-hydrogen) atoms. The van der Waals surface area contributed by atoms with Crippen LogP contribution in [0.2, 0.25) is 0 Å². The van der Waals surface area contributed by atoms with Crippen LogP contribution in [0.25, 0.3) is 0 Å². The van der Waals surface area contributed by atoms with Gasteiger partial charge < -0.3 is 15.4 Å². The van der Waals surface area contributed by atoms with Gasteiger partial charge in [-0.1, -0.05) is 0 Å². The van der Waals surface area contributed by atoms with Crippen LogP contribution in [0, 0.1) is 0 Å². The molecular weight excluding hydrogens is 344 g/mol. The number of aliphatic hydroxyl groups is 1. The van der Waals surface area contributed by atoms with Gasteiger partial charge in [-0.05, 0) is 45.0 Å². The molecule has 0 aliphatic rings. The third kappa shape index (κ3) is 4.88. The number of nitrogens with one attached hydrogen (secondary N) is 3. The minimum absolute atomic E-state index is 0.0453. The van der Waals surface area contributed by atoms with E-state index in [1.807, 2.05) is 0 Å². The molecule has 0 spiro atoms. The van der Waals surface area contributed by atoms with Gasteiger partial charge in [0.05, 0.1) is 23.1 Å². The van der Waals surface area contributed by atoms with E-state index < -0.39 is 21.6 Å². The van der Waals surface area contributed by atoms with Crippen LogP contribution in [-0.4, -0.2) is 41.5 Å². The van der Waals surface area contributed by atoms with Gasteiger partial charge in [0, 0.05) is 18.0 Å². The van der Waals surface area contributed by atoms with Gasteiger partial charge in [-0.15, -0.1) is 0 Å². The molecule has 0 saturated heterocycles. The number of rotatable bonds is 7. The number of H-pyrrole nitrogens is 1. The van der Waals surface area contributed by atoms with Gasteiger partial charge in [0.25, 0.3) is 5.91 Å². The predicted octanol–water partition coefficient (Wildman–Crippen LogP) is 0.950. The lowest BCUT2D eigenvalue weighted by atomic mass is 10.1. The van der Waals surface area contributed by atoms with E-state index in [1.54, 1.807) is 33.2 Å². The van der Waals surface area contributed by atoms with Crippen LogP contribution in [0.1, 0.15) is 43.0 Å². The van der Waals surface area contributed by atoms with E-state index in [0.717, 1.165) is 0 Å². The van der Waals surface area contributed by atoms with Gasteiger partial charge in [0.15, 0.2) is 0 Å². The number of carbonyl (C=O) groups excluding carboxylic acids is 1.